The van der Waals surface area contributed by atoms with Gasteiger partial charge in [0, 0.05) is 24.1 Å². The van der Waals surface area contributed by atoms with E-state index in [4.69, 9.17) is 5.10 Å². The maximum Gasteiger partial charge on any atom is 0.236 e. The Bertz CT molecular complexity index is 1260. The van der Waals surface area contributed by atoms with E-state index in [9.17, 15) is 9.18 Å². The van der Waals surface area contributed by atoms with Crippen molar-refractivity contribution in [1.29, 1.82) is 0 Å². The Kier molecular flexibility index (Phi) is 6.33. The van der Waals surface area contributed by atoms with Gasteiger partial charge in [0.1, 0.15) is 11.6 Å². The molecule has 4 rings (SSSR count). The Morgan fingerprint density at radius 3 is 2.42 bits per heavy atom. The quantitative estimate of drug-likeness (QED) is 0.414. The number of hydrogen-bond acceptors (Lipinski definition) is 5. The van der Waals surface area contributed by atoms with Gasteiger partial charge in [0.2, 0.25) is 5.91 Å². The molecule has 1 amide bonds. The number of benzene rings is 2. The van der Waals surface area contributed by atoms with Crippen LogP contribution in [0.3, 0.4) is 0 Å². The van der Waals surface area contributed by atoms with Crippen molar-refractivity contribution >= 4 is 23.5 Å². The third-order valence-corrected chi connectivity index (χ3v) is 6.04. The van der Waals surface area contributed by atoms with Crippen LogP contribution in [0.2, 0.25) is 0 Å². The lowest BCUT2D eigenvalue weighted by molar-refractivity contribution is -0.113. The highest BCUT2D eigenvalue weighted by molar-refractivity contribution is 7.99. The molecule has 0 saturated carbocycles. The van der Waals surface area contributed by atoms with Crippen molar-refractivity contribution < 1.29 is 9.18 Å². The molecule has 0 aliphatic heterocycles. The van der Waals surface area contributed by atoms with Crippen LogP contribution < -0.4 is 5.32 Å². The standard InChI is InChI=1S/C24H25FN6OS/c1-24(2,3)19-14-20(31(29-19)18-8-6-5-7-9-18)26-21(32)15-33-23-28-27-22(30(23)4)16-10-12-17(25)13-11-16/h5-14H,15H2,1-4H3,(H,26,32). The van der Waals surface area contributed by atoms with E-state index in [0.29, 0.717) is 16.8 Å². The molecule has 0 bridgehead atoms. The zero-order valence-electron chi connectivity index (χ0n) is 18.9. The summed E-state index contributed by atoms with van der Waals surface area (Å²) in [6.45, 7) is 6.25. The molecule has 7 nitrogen and oxygen atoms in total. The third-order valence-electron chi connectivity index (χ3n) is 5.02. The maximum atomic E-state index is 13.2. The molecule has 33 heavy (non-hydrogen) atoms. The Hall–Kier alpha value is -3.46. The summed E-state index contributed by atoms with van der Waals surface area (Å²) in [6.07, 6.45) is 0. The van der Waals surface area contributed by atoms with Gasteiger partial charge in [-0.05, 0) is 36.4 Å². The summed E-state index contributed by atoms with van der Waals surface area (Å²) in [6, 6.07) is 17.7. The van der Waals surface area contributed by atoms with Crippen molar-refractivity contribution in [2.24, 2.45) is 7.05 Å². The van der Waals surface area contributed by atoms with Crippen LogP contribution in [0.4, 0.5) is 10.2 Å². The predicted molar refractivity (Wildman–Crippen MR) is 128 cm³/mol. The van der Waals surface area contributed by atoms with E-state index in [1.165, 1.54) is 23.9 Å². The first-order valence-corrected chi connectivity index (χ1v) is 11.4. The summed E-state index contributed by atoms with van der Waals surface area (Å²) >= 11 is 1.28. The van der Waals surface area contributed by atoms with E-state index in [2.05, 4.69) is 36.3 Å². The van der Waals surface area contributed by atoms with Gasteiger partial charge < -0.3 is 9.88 Å². The molecule has 0 radical (unpaired) electrons. The zero-order valence-corrected chi connectivity index (χ0v) is 19.7. The number of carbonyl (C=O) groups is 1. The van der Waals surface area contributed by atoms with Gasteiger partial charge in [0.25, 0.3) is 0 Å². The van der Waals surface area contributed by atoms with E-state index >= 15 is 0 Å². The van der Waals surface area contributed by atoms with Crippen LogP contribution in [0.5, 0.6) is 0 Å². The Morgan fingerprint density at radius 1 is 1.06 bits per heavy atom. The number of aromatic nitrogens is 5. The van der Waals surface area contributed by atoms with E-state index in [-0.39, 0.29) is 22.9 Å². The smallest absolute Gasteiger partial charge is 0.236 e. The van der Waals surface area contributed by atoms with Crippen LogP contribution >= 0.6 is 11.8 Å². The molecule has 4 aromatic rings. The molecule has 0 aliphatic carbocycles. The molecule has 2 aromatic heterocycles. The molecule has 0 aliphatic rings. The number of nitrogens with one attached hydrogen (secondary N) is 1. The van der Waals surface area contributed by atoms with Gasteiger partial charge in [-0.3, -0.25) is 4.79 Å². The number of carbonyl (C=O) groups excluding carboxylic acids is 1. The summed E-state index contributed by atoms with van der Waals surface area (Å²) in [7, 11) is 1.82. The molecular formula is C24H25FN6OS. The largest absolute Gasteiger partial charge is 0.310 e. The summed E-state index contributed by atoms with van der Waals surface area (Å²) in [4.78, 5) is 12.8. The minimum Gasteiger partial charge on any atom is -0.310 e. The van der Waals surface area contributed by atoms with Crippen LogP contribution in [0.25, 0.3) is 17.1 Å². The number of amides is 1. The molecular weight excluding hydrogens is 439 g/mol. The van der Waals surface area contributed by atoms with Crippen molar-refractivity contribution in [2.75, 3.05) is 11.1 Å². The summed E-state index contributed by atoms with van der Waals surface area (Å²) in [5.41, 5.74) is 2.34. The molecule has 2 aromatic carbocycles. The number of hydrogen-bond donors (Lipinski definition) is 1. The maximum absolute atomic E-state index is 13.2. The second kappa shape index (κ2) is 9.19. The van der Waals surface area contributed by atoms with Crippen molar-refractivity contribution in [3.05, 3.63) is 72.2 Å². The molecule has 170 valence electrons. The van der Waals surface area contributed by atoms with Gasteiger partial charge in [0.15, 0.2) is 11.0 Å². The van der Waals surface area contributed by atoms with Crippen molar-refractivity contribution in [3.8, 4) is 17.1 Å². The average molecular weight is 465 g/mol. The van der Waals surface area contributed by atoms with Gasteiger partial charge >= 0.3 is 0 Å². The van der Waals surface area contributed by atoms with Gasteiger partial charge in [0.05, 0.1) is 17.1 Å². The summed E-state index contributed by atoms with van der Waals surface area (Å²) < 4.78 is 16.7. The SMILES string of the molecule is Cn1c(SCC(=O)Nc2cc(C(C)(C)C)nn2-c2ccccc2)nnc1-c1ccc(F)cc1. The van der Waals surface area contributed by atoms with Crippen LogP contribution in [-0.2, 0) is 17.3 Å². The molecule has 9 heteroatoms. The lowest BCUT2D eigenvalue weighted by Crippen LogP contribution is -2.17. The fraction of sp³-hybridized carbons (Fsp3) is 0.250. The number of anilines is 1. The second-order valence-corrected chi connectivity index (χ2v) is 9.56. The monoisotopic (exact) mass is 464 g/mol. The normalized spacial score (nSPS) is 11.5. The lowest BCUT2D eigenvalue weighted by atomic mass is 9.92. The lowest BCUT2D eigenvalue weighted by Gasteiger charge is -2.14. The van der Waals surface area contributed by atoms with Crippen molar-refractivity contribution in [1.82, 2.24) is 24.5 Å². The van der Waals surface area contributed by atoms with Gasteiger partial charge in [-0.2, -0.15) is 5.10 Å². The number of nitrogens with zero attached hydrogens (tertiary/aromatic N) is 5. The molecule has 0 fully saturated rings. The third kappa shape index (κ3) is 5.14. The van der Waals surface area contributed by atoms with E-state index < -0.39 is 0 Å². The topological polar surface area (TPSA) is 77.6 Å². The van der Waals surface area contributed by atoms with Crippen molar-refractivity contribution in [2.45, 2.75) is 31.3 Å². The number of halogens is 1. The minimum absolute atomic E-state index is 0.153. The van der Waals surface area contributed by atoms with Crippen LogP contribution in [0, 0.1) is 5.82 Å². The van der Waals surface area contributed by atoms with Crippen LogP contribution in [0.1, 0.15) is 26.5 Å². The molecule has 1 N–H and O–H groups in total. The van der Waals surface area contributed by atoms with E-state index in [1.807, 2.05) is 43.4 Å². The molecule has 0 atom stereocenters. The van der Waals surface area contributed by atoms with Crippen LogP contribution in [0.15, 0.2) is 65.8 Å². The van der Waals surface area contributed by atoms with Crippen LogP contribution in [-0.4, -0.2) is 36.2 Å². The van der Waals surface area contributed by atoms with E-state index in [0.717, 1.165) is 16.9 Å². The molecule has 0 unspecified atom stereocenters. The number of rotatable bonds is 6. The van der Waals surface area contributed by atoms with Gasteiger partial charge in [-0.25, -0.2) is 9.07 Å². The fourth-order valence-electron chi connectivity index (χ4n) is 3.20. The van der Waals surface area contributed by atoms with Gasteiger partial charge in [-0.15, -0.1) is 10.2 Å². The number of para-hydroxylation sites is 1. The number of thioether (sulfide) groups is 1. The minimum atomic E-state index is -0.309. The zero-order chi connectivity index (χ0) is 23.6. The second-order valence-electron chi connectivity index (χ2n) is 8.62. The molecule has 0 saturated heterocycles. The molecule has 0 spiro atoms. The first kappa shape index (κ1) is 22.7. The average Bonchev–Trinajstić information content (AvgIpc) is 3.37. The molecule has 2 heterocycles. The summed E-state index contributed by atoms with van der Waals surface area (Å²) in [5, 5.41) is 16.7. The predicted octanol–water partition coefficient (Wildman–Crippen LogP) is 4.84. The Labute approximate surface area is 196 Å². The Morgan fingerprint density at radius 2 is 1.76 bits per heavy atom. The fourth-order valence-corrected chi connectivity index (χ4v) is 3.91. The van der Waals surface area contributed by atoms with Gasteiger partial charge in [-0.1, -0.05) is 50.7 Å². The highest BCUT2D eigenvalue weighted by Crippen LogP contribution is 2.27. The first-order valence-electron chi connectivity index (χ1n) is 10.5. The Balaban J connectivity index is 1.49. The van der Waals surface area contributed by atoms with Crippen molar-refractivity contribution in [3.63, 3.8) is 0 Å². The highest BCUT2D eigenvalue weighted by Gasteiger charge is 2.22. The first-order chi connectivity index (χ1) is 15.7. The van der Waals surface area contributed by atoms with E-state index in [1.54, 1.807) is 21.4 Å². The highest BCUT2D eigenvalue weighted by atomic mass is 32.2. The summed E-state index contributed by atoms with van der Waals surface area (Å²) in [5.74, 6) is 0.886.